The van der Waals surface area contributed by atoms with Crippen molar-refractivity contribution in [1.82, 2.24) is 0 Å². The van der Waals surface area contributed by atoms with Crippen molar-refractivity contribution in [1.29, 1.82) is 0 Å². The molecule has 1 aromatic heterocycles. The van der Waals surface area contributed by atoms with Crippen LogP contribution < -0.4 is 11.4 Å². The largest absolute Gasteiger partial charge is 0.507 e. The SMILES string of the molecule is CCC(c1cccc(N)c1)c1c(O)c2c(oc1=O)CCC2. The lowest BCUT2D eigenvalue weighted by Gasteiger charge is -2.17. The lowest BCUT2D eigenvalue weighted by molar-refractivity contribution is 0.409. The Morgan fingerprint density at radius 3 is 2.90 bits per heavy atom. The first-order valence-corrected chi connectivity index (χ1v) is 7.35. The summed E-state index contributed by atoms with van der Waals surface area (Å²) in [7, 11) is 0. The summed E-state index contributed by atoms with van der Waals surface area (Å²) < 4.78 is 5.42. The Morgan fingerprint density at radius 2 is 2.19 bits per heavy atom. The number of nitrogen functional groups attached to an aromatic ring is 1. The Balaban J connectivity index is 2.16. The van der Waals surface area contributed by atoms with Crippen LogP contribution in [-0.2, 0) is 12.8 Å². The molecule has 0 bridgehead atoms. The van der Waals surface area contributed by atoms with Gasteiger partial charge in [0.25, 0.3) is 0 Å². The summed E-state index contributed by atoms with van der Waals surface area (Å²) in [6.45, 7) is 1.99. The third-order valence-electron chi connectivity index (χ3n) is 4.21. The molecule has 0 spiro atoms. The molecular weight excluding hydrogens is 266 g/mol. The van der Waals surface area contributed by atoms with Crippen molar-refractivity contribution in [3.8, 4) is 5.75 Å². The van der Waals surface area contributed by atoms with Gasteiger partial charge in [-0.2, -0.15) is 0 Å². The molecule has 0 saturated heterocycles. The van der Waals surface area contributed by atoms with Crippen molar-refractivity contribution in [3.05, 3.63) is 57.1 Å². The molecule has 0 saturated carbocycles. The van der Waals surface area contributed by atoms with Gasteiger partial charge < -0.3 is 15.3 Å². The van der Waals surface area contributed by atoms with E-state index in [-0.39, 0.29) is 11.7 Å². The lowest BCUT2D eigenvalue weighted by Crippen LogP contribution is -2.15. The van der Waals surface area contributed by atoms with Gasteiger partial charge in [0, 0.05) is 23.6 Å². The zero-order chi connectivity index (χ0) is 15.0. The Hall–Kier alpha value is -2.23. The molecule has 1 unspecified atom stereocenters. The second kappa shape index (κ2) is 5.28. The van der Waals surface area contributed by atoms with E-state index in [1.54, 1.807) is 6.07 Å². The van der Waals surface area contributed by atoms with Crippen LogP contribution in [0.1, 0.15) is 48.1 Å². The monoisotopic (exact) mass is 285 g/mol. The maximum atomic E-state index is 12.3. The first kappa shape index (κ1) is 13.7. The molecule has 1 aliphatic carbocycles. The molecule has 4 heteroatoms. The minimum atomic E-state index is -0.428. The standard InChI is InChI=1S/C17H19NO3/c1-2-12(10-5-3-6-11(18)9-10)15-16(19)13-7-4-8-14(13)21-17(15)20/h3,5-6,9,12,19H,2,4,7-8,18H2,1H3. The van der Waals surface area contributed by atoms with Crippen LogP contribution in [0, 0.1) is 0 Å². The van der Waals surface area contributed by atoms with Crippen LogP contribution in [0.15, 0.2) is 33.5 Å². The number of hydrogen-bond donors (Lipinski definition) is 2. The zero-order valence-corrected chi connectivity index (χ0v) is 12.1. The third-order valence-corrected chi connectivity index (χ3v) is 4.21. The summed E-state index contributed by atoms with van der Waals surface area (Å²) in [5.74, 6) is 0.562. The Kier molecular flexibility index (Phi) is 3.45. The lowest BCUT2D eigenvalue weighted by atomic mass is 9.88. The molecule has 21 heavy (non-hydrogen) atoms. The summed E-state index contributed by atoms with van der Waals surface area (Å²) in [6.07, 6.45) is 3.11. The summed E-state index contributed by atoms with van der Waals surface area (Å²) in [5.41, 5.74) is 8.14. The van der Waals surface area contributed by atoms with Crippen molar-refractivity contribution in [2.24, 2.45) is 0 Å². The van der Waals surface area contributed by atoms with Gasteiger partial charge in [0.1, 0.15) is 11.5 Å². The van der Waals surface area contributed by atoms with Crippen LogP contribution in [0.5, 0.6) is 5.75 Å². The number of aromatic hydroxyl groups is 1. The average molecular weight is 285 g/mol. The van der Waals surface area contributed by atoms with Crippen LogP contribution in [0.3, 0.4) is 0 Å². The second-order valence-corrected chi connectivity index (χ2v) is 5.54. The Labute approximate surface area is 123 Å². The molecule has 4 nitrogen and oxygen atoms in total. The Morgan fingerprint density at radius 1 is 1.38 bits per heavy atom. The second-order valence-electron chi connectivity index (χ2n) is 5.54. The molecule has 110 valence electrons. The van der Waals surface area contributed by atoms with Gasteiger partial charge in [-0.05, 0) is 37.0 Å². The molecule has 0 fully saturated rings. The molecule has 0 aliphatic heterocycles. The predicted molar refractivity (Wildman–Crippen MR) is 81.7 cm³/mol. The number of aryl methyl sites for hydroxylation is 1. The fourth-order valence-electron chi connectivity index (χ4n) is 3.19. The summed E-state index contributed by atoms with van der Waals surface area (Å²) in [4.78, 5) is 12.3. The zero-order valence-electron chi connectivity index (χ0n) is 12.1. The predicted octanol–water partition coefficient (Wildman–Crippen LogP) is 2.96. The van der Waals surface area contributed by atoms with Gasteiger partial charge in [-0.3, -0.25) is 0 Å². The van der Waals surface area contributed by atoms with Gasteiger partial charge in [-0.15, -0.1) is 0 Å². The highest BCUT2D eigenvalue weighted by Gasteiger charge is 2.27. The maximum absolute atomic E-state index is 12.3. The van der Waals surface area contributed by atoms with E-state index in [9.17, 15) is 9.90 Å². The van der Waals surface area contributed by atoms with Crippen molar-refractivity contribution >= 4 is 5.69 Å². The fourth-order valence-corrected chi connectivity index (χ4v) is 3.19. The summed E-state index contributed by atoms with van der Waals surface area (Å²) in [6, 6.07) is 7.44. The topological polar surface area (TPSA) is 76.5 Å². The van der Waals surface area contributed by atoms with E-state index in [0.29, 0.717) is 23.4 Å². The van der Waals surface area contributed by atoms with Crippen LogP contribution >= 0.6 is 0 Å². The number of fused-ring (bicyclic) bond motifs is 1. The Bertz CT molecular complexity index is 733. The van der Waals surface area contributed by atoms with Gasteiger partial charge in [0.15, 0.2) is 0 Å². The number of rotatable bonds is 3. The van der Waals surface area contributed by atoms with E-state index in [1.165, 1.54) is 0 Å². The molecule has 1 atom stereocenters. The van der Waals surface area contributed by atoms with Crippen LogP contribution in [-0.4, -0.2) is 5.11 Å². The third kappa shape index (κ3) is 2.31. The molecule has 3 N–H and O–H groups in total. The van der Waals surface area contributed by atoms with E-state index < -0.39 is 5.63 Å². The number of benzene rings is 1. The smallest absolute Gasteiger partial charge is 0.343 e. The number of nitrogens with two attached hydrogens (primary N) is 1. The van der Waals surface area contributed by atoms with Crippen molar-refractivity contribution in [2.45, 2.75) is 38.5 Å². The van der Waals surface area contributed by atoms with Gasteiger partial charge in [0.05, 0.1) is 5.56 Å². The van der Waals surface area contributed by atoms with Crippen LogP contribution in [0.4, 0.5) is 5.69 Å². The first-order chi connectivity index (χ1) is 10.1. The van der Waals surface area contributed by atoms with Crippen molar-refractivity contribution in [3.63, 3.8) is 0 Å². The van der Waals surface area contributed by atoms with Crippen LogP contribution in [0.25, 0.3) is 0 Å². The molecule has 2 aromatic rings. The van der Waals surface area contributed by atoms with Gasteiger partial charge in [-0.25, -0.2) is 4.79 Å². The highest BCUT2D eigenvalue weighted by atomic mass is 16.4. The van der Waals surface area contributed by atoms with Crippen molar-refractivity contribution in [2.75, 3.05) is 5.73 Å². The average Bonchev–Trinajstić information content (AvgIpc) is 2.91. The minimum Gasteiger partial charge on any atom is -0.507 e. The van der Waals surface area contributed by atoms with Gasteiger partial charge in [0.2, 0.25) is 0 Å². The molecule has 0 amide bonds. The van der Waals surface area contributed by atoms with E-state index in [4.69, 9.17) is 10.2 Å². The molecular formula is C17H19NO3. The minimum absolute atomic E-state index is 0.119. The van der Waals surface area contributed by atoms with Gasteiger partial charge >= 0.3 is 5.63 Å². The fraction of sp³-hybridized carbons (Fsp3) is 0.353. The molecule has 1 aliphatic rings. The highest BCUT2D eigenvalue weighted by molar-refractivity contribution is 5.49. The summed E-state index contributed by atoms with van der Waals surface area (Å²) in [5, 5.41) is 10.5. The number of hydrogen-bond acceptors (Lipinski definition) is 4. The summed E-state index contributed by atoms with van der Waals surface area (Å²) >= 11 is 0. The highest BCUT2D eigenvalue weighted by Crippen LogP contribution is 2.38. The van der Waals surface area contributed by atoms with E-state index in [2.05, 4.69) is 0 Å². The van der Waals surface area contributed by atoms with E-state index in [1.807, 2.05) is 25.1 Å². The number of anilines is 1. The molecule has 0 radical (unpaired) electrons. The van der Waals surface area contributed by atoms with E-state index >= 15 is 0 Å². The van der Waals surface area contributed by atoms with Gasteiger partial charge in [-0.1, -0.05) is 19.1 Å². The van der Waals surface area contributed by atoms with Crippen LogP contribution in [0.2, 0.25) is 0 Å². The molecule has 3 rings (SSSR count). The molecule has 1 heterocycles. The maximum Gasteiger partial charge on any atom is 0.343 e. The quantitative estimate of drug-likeness (QED) is 0.850. The normalized spacial score (nSPS) is 14.9. The molecule has 1 aromatic carbocycles. The van der Waals surface area contributed by atoms with Crippen molar-refractivity contribution < 1.29 is 9.52 Å². The first-order valence-electron chi connectivity index (χ1n) is 7.35. The van der Waals surface area contributed by atoms with E-state index in [0.717, 1.165) is 30.4 Å².